The van der Waals surface area contributed by atoms with Crippen molar-refractivity contribution in [1.82, 2.24) is 0 Å². The Hall–Kier alpha value is -3.61. The summed E-state index contributed by atoms with van der Waals surface area (Å²) in [6, 6.07) is 14.0. The fraction of sp³-hybridized carbons (Fsp3) is 0.240. The van der Waals surface area contributed by atoms with Crippen molar-refractivity contribution >= 4 is 5.97 Å². The van der Waals surface area contributed by atoms with Gasteiger partial charge in [0, 0.05) is 12.7 Å². The fourth-order valence-electron chi connectivity index (χ4n) is 2.41. The maximum absolute atomic E-state index is 12.4. The summed E-state index contributed by atoms with van der Waals surface area (Å²) in [4.78, 5) is 12.4. The molecule has 0 spiro atoms. The Bertz CT molecular complexity index is 979. The highest BCUT2D eigenvalue weighted by Crippen LogP contribution is 2.18. The van der Waals surface area contributed by atoms with Gasteiger partial charge in [-0.1, -0.05) is 44.2 Å². The SMILES string of the molecule is C#CC#CC#Cc1cccc(OC(=O)c2cccc(OCCCCCC)c2)c1.[HH].[HH].[HH].[HH].[HH]. The van der Waals surface area contributed by atoms with E-state index in [1.807, 2.05) is 6.07 Å². The Labute approximate surface area is 174 Å². The molecule has 2 aromatic carbocycles. The maximum Gasteiger partial charge on any atom is 0.343 e. The number of ether oxygens (including phenoxy) is 2. The highest BCUT2D eigenvalue weighted by molar-refractivity contribution is 5.91. The minimum absolute atomic E-state index is 0. The second kappa shape index (κ2) is 11.9. The molecule has 0 radical (unpaired) electrons. The summed E-state index contributed by atoms with van der Waals surface area (Å²) in [6.45, 7) is 2.81. The molecule has 0 saturated heterocycles. The molecule has 0 aromatic heterocycles. The number of rotatable bonds is 8. The quantitative estimate of drug-likeness (QED) is 0.241. The van der Waals surface area contributed by atoms with E-state index in [-0.39, 0.29) is 7.13 Å². The summed E-state index contributed by atoms with van der Waals surface area (Å²) >= 11 is 0. The third-order valence-electron chi connectivity index (χ3n) is 3.78. The van der Waals surface area contributed by atoms with Crippen molar-refractivity contribution in [2.24, 2.45) is 0 Å². The molecule has 2 aromatic rings. The van der Waals surface area contributed by atoms with Gasteiger partial charge >= 0.3 is 5.97 Å². The molecule has 0 aliphatic carbocycles. The molecule has 0 amide bonds. The number of hydrogen-bond acceptors (Lipinski definition) is 3. The van der Waals surface area contributed by atoms with Gasteiger partial charge in [0.05, 0.1) is 12.2 Å². The standard InChI is InChI=1S/C25H22O3.5H2/c1-3-5-7-9-13-21-14-11-17-24(19-21)28-25(26)22-15-12-16-23(20-22)27-18-10-8-6-4-2;;;;;/h1,11-12,14-17,19-20H,4,6,8,10,18H2,2H3;5*1H. The maximum atomic E-state index is 12.4. The van der Waals surface area contributed by atoms with Gasteiger partial charge in [0.1, 0.15) is 11.5 Å². The monoisotopic (exact) mass is 380 g/mol. The second-order valence-electron chi connectivity index (χ2n) is 6.00. The Morgan fingerprint density at radius 3 is 2.64 bits per heavy atom. The van der Waals surface area contributed by atoms with Crippen LogP contribution < -0.4 is 9.47 Å². The van der Waals surface area contributed by atoms with Crippen molar-refractivity contribution in [2.45, 2.75) is 32.6 Å². The van der Waals surface area contributed by atoms with Crippen molar-refractivity contribution in [1.29, 1.82) is 0 Å². The number of carbonyl (C=O) groups is 1. The molecule has 0 fully saturated rings. The Kier molecular flexibility index (Phi) is 8.80. The number of unbranched alkanes of at least 4 members (excludes halogenated alkanes) is 3. The highest BCUT2D eigenvalue weighted by atomic mass is 16.5. The summed E-state index contributed by atoms with van der Waals surface area (Å²) in [5.41, 5.74) is 1.11. The largest absolute Gasteiger partial charge is 0.494 e. The summed E-state index contributed by atoms with van der Waals surface area (Å²) in [5, 5.41) is 0. The summed E-state index contributed by atoms with van der Waals surface area (Å²) in [7, 11) is 0. The lowest BCUT2D eigenvalue weighted by Gasteiger charge is -2.08. The zero-order chi connectivity index (χ0) is 20.0. The molecule has 0 bridgehead atoms. The Morgan fingerprint density at radius 1 is 1.00 bits per heavy atom. The molecular formula is C25H32O3. The topological polar surface area (TPSA) is 35.5 Å². The van der Waals surface area contributed by atoms with Crippen molar-refractivity contribution in [3.8, 4) is 47.5 Å². The first-order chi connectivity index (χ1) is 13.7. The summed E-state index contributed by atoms with van der Waals surface area (Å²) in [6.07, 6.45) is 9.58. The molecule has 0 aliphatic heterocycles. The van der Waals surface area contributed by atoms with Crippen molar-refractivity contribution in [2.75, 3.05) is 6.61 Å². The van der Waals surface area contributed by atoms with Gasteiger partial charge in [-0.3, -0.25) is 0 Å². The average Bonchev–Trinajstić information content (AvgIpc) is 2.71. The van der Waals surface area contributed by atoms with E-state index in [1.54, 1.807) is 42.5 Å². The van der Waals surface area contributed by atoms with Crippen LogP contribution in [0.5, 0.6) is 11.5 Å². The molecular weight excluding hydrogens is 348 g/mol. The van der Waals surface area contributed by atoms with Crippen LogP contribution in [-0.4, -0.2) is 12.6 Å². The lowest BCUT2D eigenvalue weighted by atomic mass is 10.2. The molecule has 3 heteroatoms. The third-order valence-corrected chi connectivity index (χ3v) is 3.78. The fourth-order valence-corrected chi connectivity index (χ4v) is 2.41. The molecule has 0 unspecified atom stereocenters. The van der Waals surface area contributed by atoms with Gasteiger partial charge < -0.3 is 9.47 Å². The van der Waals surface area contributed by atoms with E-state index in [9.17, 15) is 4.79 Å². The van der Waals surface area contributed by atoms with Gasteiger partial charge in [0.25, 0.3) is 0 Å². The van der Waals surface area contributed by atoms with Crippen LogP contribution in [0.3, 0.4) is 0 Å². The molecule has 28 heavy (non-hydrogen) atoms. The van der Waals surface area contributed by atoms with Gasteiger partial charge in [-0.05, 0) is 66.5 Å². The van der Waals surface area contributed by atoms with Crippen molar-refractivity contribution < 1.29 is 21.4 Å². The van der Waals surface area contributed by atoms with E-state index >= 15 is 0 Å². The smallest absolute Gasteiger partial charge is 0.343 e. The van der Waals surface area contributed by atoms with Gasteiger partial charge in [0.2, 0.25) is 0 Å². The predicted octanol–water partition coefficient (Wildman–Crippen LogP) is 6.08. The molecule has 0 heterocycles. The van der Waals surface area contributed by atoms with Crippen LogP contribution in [0.25, 0.3) is 0 Å². The first-order valence-electron chi connectivity index (χ1n) is 9.24. The van der Waals surface area contributed by atoms with Crippen LogP contribution in [0.15, 0.2) is 48.5 Å². The van der Waals surface area contributed by atoms with E-state index in [0.717, 1.165) is 12.8 Å². The normalized spacial score (nSPS) is 9.14. The van der Waals surface area contributed by atoms with Crippen LogP contribution in [0, 0.1) is 36.0 Å². The summed E-state index contributed by atoms with van der Waals surface area (Å²) in [5.74, 6) is 13.3. The minimum atomic E-state index is -0.450. The minimum Gasteiger partial charge on any atom is -0.494 e. The number of esters is 1. The van der Waals surface area contributed by atoms with Crippen molar-refractivity contribution in [3.05, 3.63) is 59.7 Å². The van der Waals surface area contributed by atoms with E-state index in [0.29, 0.717) is 29.2 Å². The number of terminal acetylenes is 1. The molecule has 0 saturated carbocycles. The van der Waals surface area contributed by atoms with Crippen molar-refractivity contribution in [3.63, 3.8) is 0 Å². The first-order valence-corrected chi connectivity index (χ1v) is 9.24. The third kappa shape index (κ3) is 7.33. The predicted molar refractivity (Wildman–Crippen MR) is 122 cm³/mol. The van der Waals surface area contributed by atoms with E-state index in [4.69, 9.17) is 15.9 Å². The number of benzene rings is 2. The molecule has 2 rings (SSSR count). The van der Waals surface area contributed by atoms with Crippen LogP contribution in [0.4, 0.5) is 0 Å². The Balaban J connectivity index is -0.000000841. The van der Waals surface area contributed by atoms with Gasteiger partial charge in [-0.15, -0.1) is 6.42 Å². The van der Waals surface area contributed by atoms with E-state index < -0.39 is 5.97 Å². The molecule has 150 valence electrons. The average molecular weight is 381 g/mol. The Morgan fingerprint density at radius 2 is 1.82 bits per heavy atom. The molecule has 0 N–H and O–H groups in total. The second-order valence-corrected chi connectivity index (χ2v) is 6.00. The summed E-state index contributed by atoms with van der Waals surface area (Å²) < 4.78 is 11.2. The number of carbonyl (C=O) groups excluding carboxylic acids is 1. The zero-order valence-electron chi connectivity index (χ0n) is 16.0. The van der Waals surface area contributed by atoms with Crippen LogP contribution in [0.2, 0.25) is 0 Å². The van der Waals surface area contributed by atoms with Gasteiger partial charge in [-0.2, -0.15) is 0 Å². The highest BCUT2D eigenvalue weighted by Gasteiger charge is 2.10. The van der Waals surface area contributed by atoms with E-state index in [1.165, 1.54) is 12.8 Å². The van der Waals surface area contributed by atoms with Crippen LogP contribution >= 0.6 is 0 Å². The zero-order valence-corrected chi connectivity index (χ0v) is 16.0. The lowest BCUT2D eigenvalue weighted by Crippen LogP contribution is -2.09. The van der Waals surface area contributed by atoms with Crippen LogP contribution in [0.1, 0.15) is 55.7 Å². The van der Waals surface area contributed by atoms with E-state index in [2.05, 4.69) is 36.5 Å². The molecule has 0 aliphatic rings. The number of hydrogen-bond donors (Lipinski definition) is 0. The first kappa shape index (κ1) is 20.7. The molecule has 0 atom stereocenters. The van der Waals surface area contributed by atoms with Gasteiger partial charge in [0.15, 0.2) is 0 Å². The lowest BCUT2D eigenvalue weighted by molar-refractivity contribution is 0.0734. The van der Waals surface area contributed by atoms with Gasteiger partial charge in [-0.25, -0.2) is 4.79 Å². The molecule has 3 nitrogen and oxygen atoms in total. The van der Waals surface area contributed by atoms with Crippen LogP contribution in [-0.2, 0) is 0 Å².